The molecule has 9 aromatic rings. The minimum absolute atomic E-state index is 0.0109. The van der Waals surface area contributed by atoms with Crippen molar-refractivity contribution in [3.8, 4) is 39.8 Å². The lowest BCUT2D eigenvalue weighted by Gasteiger charge is -2.33. The molecule has 6 aromatic carbocycles. The summed E-state index contributed by atoms with van der Waals surface area (Å²) in [6, 6.07) is 47.5. The van der Waals surface area contributed by atoms with Gasteiger partial charge in [-0.2, -0.15) is 0 Å². The highest BCUT2D eigenvalue weighted by Crippen LogP contribution is 2.45. The van der Waals surface area contributed by atoms with Crippen LogP contribution in [-0.2, 0) is 12.1 Å². The van der Waals surface area contributed by atoms with Crippen molar-refractivity contribution < 1.29 is 4.74 Å². The van der Waals surface area contributed by atoms with Crippen LogP contribution < -0.4 is 9.64 Å². The number of aromatic nitrogens is 4. The third-order valence-corrected chi connectivity index (χ3v) is 11.3. The summed E-state index contributed by atoms with van der Waals surface area (Å²) >= 11 is 0. The molecule has 0 saturated heterocycles. The Morgan fingerprint density at radius 1 is 0.643 bits per heavy atom. The molecule has 56 heavy (non-hydrogen) atoms. The van der Waals surface area contributed by atoms with E-state index in [-0.39, 0.29) is 5.41 Å². The normalized spacial score (nSPS) is 12.7. The van der Waals surface area contributed by atoms with E-state index < -0.39 is 0 Å². The summed E-state index contributed by atoms with van der Waals surface area (Å²) in [4.78, 5) is 12.4. The Bertz CT molecular complexity index is 2990. The molecule has 1 aliphatic rings. The molecular formula is C50H43N5O. The van der Waals surface area contributed by atoms with Crippen LogP contribution in [0.25, 0.3) is 61.2 Å². The fourth-order valence-electron chi connectivity index (χ4n) is 8.74. The summed E-state index contributed by atoms with van der Waals surface area (Å²) < 4.78 is 11.6. The van der Waals surface area contributed by atoms with Crippen LogP contribution in [0.15, 0.2) is 140 Å². The Morgan fingerprint density at radius 2 is 1.38 bits per heavy atom. The summed E-state index contributed by atoms with van der Waals surface area (Å²) in [5, 5.41) is 2.34. The molecule has 0 unspecified atom stereocenters. The first-order valence-corrected chi connectivity index (χ1v) is 19.3. The van der Waals surface area contributed by atoms with E-state index in [0.29, 0.717) is 6.67 Å². The SMILES string of the molecule is Cc1cc(C)c(-c2cc(Oc3ccc4c5ccccc5n(-c5cc(C(C)(C)C)ccn5)c4c3)cc(N3Cn4c(nc5ccccc54)-c4ccccc43)c2)c(C)c1. The molecule has 0 saturated carbocycles. The number of ether oxygens (including phenoxy) is 1. The van der Waals surface area contributed by atoms with Gasteiger partial charge in [0.1, 0.15) is 29.8 Å². The fraction of sp³-hybridized carbons (Fsp3) is 0.160. The van der Waals surface area contributed by atoms with Crippen molar-refractivity contribution in [3.05, 3.63) is 162 Å². The number of nitrogens with zero attached hydrogens (tertiary/aromatic N) is 5. The second-order valence-corrected chi connectivity index (χ2v) is 16.2. The molecule has 0 spiro atoms. The van der Waals surface area contributed by atoms with E-state index in [1.807, 2.05) is 6.20 Å². The number of aryl methyl sites for hydroxylation is 3. The van der Waals surface area contributed by atoms with Crippen LogP contribution in [0.2, 0.25) is 0 Å². The lowest BCUT2D eigenvalue weighted by molar-refractivity contribution is 0.483. The highest BCUT2D eigenvalue weighted by molar-refractivity contribution is 6.09. The van der Waals surface area contributed by atoms with E-state index in [1.54, 1.807) is 0 Å². The summed E-state index contributed by atoms with van der Waals surface area (Å²) in [5.41, 5.74) is 14.8. The van der Waals surface area contributed by atoms with Gasteiger partial charge in [0, 0.05) is 40.4 Å². The molecule has 0 N–H and O–H groups in total. The average Bonchev–Trinajstić information content (AvgIpc) is 3.72. The monoisotopic (exact) mass is 729 g/mol. The predicted octanol–water partition coefficient (Wildman–Crippen LogP) is 13.0. The second kappa shape index (κ2) is 12.7. The van der Waals surface area contributed by atoms with Gasteiger partial charge in [0.25, 0.3) is 0 Å². The molecule has 0 bridgehead atoms. The van der Waals surface area contributed by atoms with Gasteiger partial charge in [-0.05, 0) is 121 Å². The Balaban J connectivity index is 1.14. The van der Waals surface area contributed by atoms with Gasteiger partial charge in [-0.25, -0.2) is 9.97 Å². The molecule has 0 amide bonds. The number of benzene rings is 6. The minimum Gasteiger partial charge on any atom is -0.457 e. The first-order valence-electron chi connectivity index (χ1n) is 19.3. The van der Waals surface area contributed by atoms with Crippen molar-refractivity contribution in [2.24, 2.45) is 0 Å². The molecule has 0 fully saturated rings. The molecule has 0 aliphatic carbocycles. The van der Waals surface area contributed by atoms with Crippen molar-refractivity contribution in [1.82, 2.24) is 19.1 Å². The maximum Gasteiger partial charge on any atom is 0.144 e. The zero-order valence-corrected chi connectivity index (χ0v) is 32.6. The number of anilines is 2. The number of pyridine rings is 1. The van der Waals surface area contributed by atoms with Crippen LogP contribution in [0.1, 0.15) is 43.0 Å². The molecule has 0 radical (unpaired) electrons. The average molecular weight is 730 g/mol. The van der Waals surface area contributed by atoms with Gasteiger partial charge < -0.3 is 14.2 Å². The highest BCUT2D eigenvalue weighted by atomic mass is 16.5. The number of hydrogen-bond acceptors (Lipinski definition) is 4. The molecule has 6 nitrogen and oxygen atoms in total. The molecule has 6 heteroatoms. The van der Waals surface area contributed by atoms with Crippen LogP contribution in [0, 0.1) is 20.8 Å². The van der Waals surface area contributed by atoms with Gasteiger partial charge in [0.05, 0.1) is 27.8 Å². The Morgan fingerprint density at radius 3 is 2.20 bits per heavy atom. The van der Waals surface area contributed by atoms with Gasteiger partial charge >= 0.3 is 0 Å². The van der Waals surface area contributed by atoms with Gasteiger partial charge in [-0.1, -0.05) is 80.9 Å². The summed E-state index contributed by atoms with van der Waals surface area (Å²) in [7, 11) is 0. The van der Waals surface area contributed by atoms with E-state index in [1.165, 1.54) is 33.2 Å². The first-order chi connectivity index (χ1) is 27.1. The molecular weight excluding hydrogens is 687 g/mol. The predicted molar refractivity (Wildman–Crippen MR) is 231 cm³/mol. The Labute approximate surface area is 327 Å². The van der Waals surface area contributed by atoms with E-state index in [4.69, 9.17) is 14.7 Å². The van der Waals surface area contributed by atoms with Crippen molar-refractivity contribution in [3.63, 3.8) is 0 Å². The van der Waals surface area contributed by atoms with Crippen LogP contribution in [0.5, 0.6) is 11.5 Å². The van der Waals surface area contributed by atoms with Crippen LogP contribution in [-0.4, -0.2) is 19.1 Å². The highest BCUT2D eigenvalue weighted by Gasteiger charge is 2.27. The molecule has 0 atom stereocenters. The Kier molecular flexibility index (Phi) is 7.69. The number of rotatable bonds is 5. The summed E-state index contributed by atoms with van der Waals surface area (Å²) in [6.45, 7) is 13.9. The maximum atomic E-state index is 6.98. The van der Waals surface area contributed by atoms with Gasteiger partial charge in [-0.15, -0.1) is 0 Å². The molecule has 4 heterocycles. The zero-order chi connectivity index (χ0) is 38.3. The summed E-state index contributed by atoms with van der Waals surface area (Å²) in [6.07, 6.45) is 1.92. The molecule has 10 rings (SSSR count). The van der Waals surface area contributed by atoms with Crippen molar-refractivity contribution in [1.29, 1.82) is 0 Å². The van der Waals surface area contributed by atoms with Crippen molar-refractivity contribution in [2.45, 2.75) is 53.6 Å². The van der Waals surface area contributed by atoms with E-state index in [9.17, 15) is 0 Å². The van der Waals surface area contributed by atoms with Crippen LogP contribution in [0.3, 0.4) is 0 Å². The second-order valence-electron chi connectivity index (χ2n) is 16.2. The fourth-order valence-corrected chi connectivity index (χ4v) is 8.74. The lowest BCUT2D eigenvalue weighted by Crippen LogP contribution is -2.26. The van der Waals surface area contributed by atoms with Gasteiger partial charge in [-0.3, -0.25) is 4.57 Å². The summed E-state index contributed by atoms with van der Waals surface area (Å²) in [5.74, 6) is 3.41. The smallest absolute Gasteiger partial charge is 0.144 e. The molecule has 274 valence electrons. The van der Waals surface area contributed by atoms with Crippen LogP contribution in [0.4, 0.5) is 11.4 Å². The van der Waals surface area contributed by atoms with Crippen molar-refractivity contribution >= 4 is 44.2 Å². The van der Waals surface area contributed by atoms with E-state index in [0.717, 1.165) is 73.1 Å². The van der Waals surface area contributed by atoms with Crippen LogP contribution >= 0.6 is 0 Å². The standard InChI is InChI=1S/C50H43N5O/c1-31-23-32(2)48(33(3)24-31)34-25-36(53-30-54-45-18-12-9-15-42(45)52-49(54)41-14-8-10-16-43(41)53)28-38(26-34)56-37-19-20-40-39-13-7-11-17-44(39)55(46(40)29-37)47-27-35(21-22-51-47)50(4,5)6/h7-29H,30H2,1-6H3. The number of imidazole rings is 1. The third-order valence-electron chi connectivity index (χ3n) is 11.3. The number of fused-ring (bicyclic) bond motifs is 8. The third kappa shape index (κ3) is 5.55. The lowest BCUT2D eigenvalue weighted by atomic mass is 9.88. The number of hydrogen-bond donors (Lipinski definition) is 0. The molecule has 3 aromatic heterocycles. The topological polar surface area (TPSA) is 48.1 Å². The van der Waals surface area contributed by atoms with Gasteiger partial charge in [0.2, 0.25) is 0 Å². The van der Waals surface area contributed by atoms with E-state index >= 15 is 0 Å². The van der Waals surface area contributed by atoms with Gasteiger partial charge in [0.15, 0.2) is 0 Å². The Hall–Kier alpha value is -6.66. The molecule has 1 aliphatic heterocycles. The van der Waals surface area contributed by atoms with Crippen molar-refractivity contribution in [2.75, 3.05) is 4.90 Å². The quantitative estimate of drug-likeness (QED) is 0.177. The van der Waals surface area contributed by atoms with E-state index in [2.05, 4.69) is 189 Å². The minimum atomic E-state index is -0.0109. The largest absolute Gasteiger partial charge is 0.457 e. The number of para-hydroxylation sites is 4. The zero-order valence-electron chi connectivity index (χ0n) is 32.6. The maximum absolute atomic E-state index is 6.98. The first kappa shape index (κ1) is 33.9.